The number of carbonyl (C=O) groups is 1. The first kappa shape index (κ1) is 18.0. The van der Waals surface area contributed by atoms with E-state index in [2.05, 4.69) is 22.3 Å². The number of H-pyrrole nitrogens is 1. The molecule has 2 heterocycles. The summed E-state index contributed by atoms with van der Waals surface area (Å²) in [5.74, 6) is -0.118. The maximum atomic E-state index is 12.9. The van der Waals surface area contributed by atoms with Gasteiger partial charge in [-0.05, 0) is 43.7 Å². The van der Waals surface area contributed by atoms with Crippen LogP contribution in [0.2, 0.25) is 0 Å². The number of nitrogens with zero attached hydrogens (tertiary/aromatic N) is 2. The van der Waals surface area contributed by atoms with Gasteiger partial charge in [0.05, 0.1) is 22.1 Å². The van der Waals surface area contributed by atoms with E-state index in [9.17, 15) is 9.59 Å². The fourth-order valence-corrected chi connectivity index (χ4v) is 3.26. The second-order valence-electron chi connectivity index (χ2n) is 6.98. The van der Waals surface area contributed by atoms with E-state index in [0.717, 1.165) is 35.0 Å². The van der Waals surface area contributed by atoms with Crippen molar-refractivity contribution in [2.75, 3.05) is 6.54 Å². The molecule has 28 heavy (non-hydrogen) atoms. The van der Waals surface area contributed by atoms with Crippen molar-refractivity contribution in [3.05, 3.63) is 70.1 Å². The highest BCUT2D eigenvalue weighted by Gasteiger charge is 2.14. The quantitative estimate of drug-likeness (QED) is 0.523. The number of carbonyl (C=O) groups excluding carboxylic acids is 1. The fourth-order valence-electron chi connectivity index (χ4n) is 3.26. The molecule has 4 aromatic rings. The summed E-state index contributed by atoms with van der Waals surface area (Å²) in [6.45, 7) is 4.73. The standard InChI is InChI=1S/C22H22N4O2/c1-3-4-11-23-21(27)15-7-10-19-17(12-15)20-18(13-24-19)22(28)26(25-20)16-8-5-14(2)6-9-16/h5-10,12-13,25H,3-4,11H2,1-2H3,(H,23,27). The second kappa shape index (κ2) is 7.31. The molecule has 0 fully saturated rings. The highest BCUT2D eigenvalue weighted by Crippen LogP contribution is 2.22. The highest BCUT2D eigenvalue weighted by molar-refractivity contribution is 6.06. The number of fused-ring (bicyclic) bond motifs is 3. The zero-order valence-electron chi connectivity index (χ0n) is 16.0. The molecule has 0 aliphatic rings. The van der Waals surface area contributed by atoms with Gasteiger partial charge in [-0.2, -0.15) is 0 Å². The molecule has 0 unspecified atom stereocenters. The Hall–Kier alpha value is -3.41. The lowest BCUT2D eigenvalue weighted by Crippen LogP contribution is -2.24. The minimum absolute atomic E-state index is 0.118. The molecular weight excluding hydrogens is 352 g/mol. The van der Waals surface area contributed by atoms with Crippen LogP contribution in [0, 0.1) is 6.92 Å². The number of benzene rings is 2. The average Bonchev–Trinajstić information content (AvgIpc) is 3.05. The van der Waals surface area contributed by atoms with Crippen molar-refractivity contribution in [2.45, 2.75) is 26.7 Å². The first-order chi connectivity index (χ1) is 13.6. The van der Waals surface area contributed by atoms with Gasteiger partial charge in [0.2, 0.25) is 0 Å². The van der Waals surface area contributed by atoms with Gasteiger partial charge < -0.3 is 5.32 Å². The topological polar surface area (TPSA) is 79.8 Å². The third-order valence-corrected chi connectivity index (χ3v) is 4.90. The van der Waals surface area contributed by atoms with Crippen molar-refractivity contribution >= 4 is 27.7 Å². The molecule has 2 N–H and O–H groups in total. The Labute approximate surface area is 162 Å². The number of hydrogen-bond acceptors (Lipinski definition) is 3. The van der Waals surface area contributed by atoms with E-state index in [4.69, 9.17) is 0 Å². The number of rotatable bonds is 5. The molecule has 0 saturated heterocycles. The van der Waals surface area contributed by atoms with Gasteiger partial charge in [0.15, 0.2) is 0 Å². The largest absolute Gasteiger partial charge is 0.352 e. The van der Waals surface area contributed by atoms with Crippen LogP contribution in [0.25, 0.3) is 27.5 Å². The molecule has 0 aliphatic carbocycles. The number of hydrogen-bond donors (Lipinski definition) is 2. The Morgan fingerprint density at radius 1 is 1.14 bits per heavy atom. The molecule has 0 spiro atoms. The lowest BCUT2D eigenvalue weighted by Gasteiger charge is -2.06. The number of aryl methyl sites for hydroxylation is 1. The van der Waals surface area contributed by atoms with Crippen LogP contribution >= 0.6 is 0 Å². The molecule has 0 radical (unpaired) electrons. The van der Waals surface area contributed by atoms with E-state index < -0.39 is 0 Å². The normalized spacial score (nSPS) is 11.2. The molecule has 2 aromatic heterocycles. The number of unbranched alkanes of at least 4 members (excludes halogenated alkanes) is 1. The Balaban J connectivity index is 1.83. The SMILES string of the molecule is CCCCNC(=O)c1ccc2ncc3c(=O)n(-c4ccc(C)cc4)[nH]c3c2c1. The molecule has 0 atom stereocenters. The van der Waals surface area contributed by atoms with Crippen LogP contribution in [0.5, 0.6) is 0 Å². The highest BCUT2D eigenvalue weighted by atomic mass is 16.1. The van der Waals surface area contributed by atoms with Crippen LogP contribution in [0.15, 0.2) is 53.5 Å². The van der Waals surface area contributed by atoms with E-state index in [1.165, 1.54) is 4.68 Å². The molecule has 0 aliphatic heterocycles. The van der Waals surface area contributed by atoms with Crippen LogP contribution in [0.3, 0.4) is 0 Å². The van der Waals surface area contributed by atoms with Crippen molar-refractivity contribution < 1.29 is 4.79 Å². The van der Waals surface area contributed by atoms with Crippen LogP contribution in [-0.4, -0.2) is 27.2 Å². The number of aromatic amines is 1. The summed E-state index contributed by atoms with van der Waals surface area (Å²) in [6, 6.07) is 13.1. The molecule has 6 heteroatoms. The summed E-state index contributed by atoms with van der Waals surface area (Å²) in [5, 5.41) is 7.37. The molecule has 1 amide bonds. The van der Waals surface area contributed by atoms with Crippen molar-refractivity contribution in [2.24, 2.45) is 0 Å². The average molecular weight is 374 g/mol. The minimum atomic E-state index is -0.161. The van der Waals surface area contributed by atoms with Crippen LogP contribution in [-0.2, 0) is 0 Å². The van der Waals surface area contributed by atoms with Gasteiger partial charge in [0.1, 0.15) is 0 Å². The number of nitrogens with one attached hydrogen (secondary N) is 2. The predicted molar refractivity (Wildman–Crippen MR) is 111 cm³/mol. The van der Waals surface area contributed by atoms with Gasteiger partial charge in [-0.15, -0.1) is 0 Å². The zero-order valence-corrected chi connectivity index (χ0v) is 16.0. The minimum Gasteiger partial charge on any atom is -0.352 e. The summed E-state index contributed by atoms with van der Waals surface area (Å²) < 4.78 is 1.51. The first-order valence-corrected chi connectivity index (χ1v) is 9.47. The molecule has 0 saturated carbocycles. The van der Waals surface area contributed by atoms with Gasteiger partial charge in [0, 0.05) is 23.7 Å². The Morgan fingerprint density at radius 3 is 2.68 bits per heavy atom. The van der Waals surface area contributed by atoms with Crippen molar-refractivity contribution in [3.63, 3.8) is 0 Å². The Bertz CT molecular complexity index is 1220. The van der Waals surface area contributed by atoms with E-state index >= 15 is 0 Å². The van der Waals surface area contributed by atoms with E-state index in [1.807, 2.05) is 37.3 Å². The summed E-state index contributed by atoms with van der Waals surface area (Å²) >= 11 is 0. The monoisotopic (exact) mass is 374 g/mol. The summed E-state index contributed by atoms with van der Waals surface area (Å²) in [5.41, 5.74) is 3.69. The first-order valence-electron chi connectivity index (χ1n) is 9.47. The summed E-state index contributed by atoms with van der Waals surface area (Å²) in [7, 11) is 0. The van der Waals surface area contributed by atoms with E-state index in [-0.39, 0.29) is 11.5 Å². The predicted octanol–water partition coefficient (Wildman–Crippen LogP) is 3.71. The number of aromatic nitrogens is 3. The zero-order chi connectivity index (χ0) is 19.7. The van der Waals surface area contributed by atoms with Crippen molar-refractivity contribution in [3.8, 4) is 5.69 Å². The Morgan fingerprint density at radius 2 is 1.93 bits per heavy atom. The fraction of sp³-hybridized carbons (Fsp3) is 0.227. The van der Waals surface area contributed by atoms with E-state index in [0.29, 0.717) is 23.0 Å². The van der Waals surface area contributed by atoms with Crippen molar-refractivity contribution in [1.82, 2.24) is 20.1 Å². The van der Waals surface area contributed by atoms with Gasteiger partial charge in [-0.3, -0.25) is 19.7 Å². The smallest absolute Gasteiger partial charge is 0.280 e. The molecule has 0 bridgehead atoms. The number of pyridine rings is 1. The van der Waals surface area contributed by atoms with Crippen LogP contribution < -0.4 is 10.9 Å². The second-order valence-corrected chi connectivity index (χ2v) is 6.98. The third kappa shape index (κ3) is 3.17. The molecule has 4 rings (SSSR count). The lowest BCUT2D eigenvalue weighted by molar-refractivity contribution is 0.0953. The van der Waals surface area contributed by atoms with Crippen molar-refractivity contribution in [1.29, 1.82) is 0 Å². The molecule has 142 valence electrons. The molecular formula is C22H22N4O2. The van der Waals surface area contributed by atoms with Crippen LogP contribution in [0.4, 0.5) is 0 Å². The van der Waals surface area contributed by atoms with E-state index in [1.54, 1.807) is 18.3 Å². The molecule has 6 nitrogen and oxygen atoms in total. The Kier molecular flexibility index (Phi) is 4.69. The van der Waals surface area contributed by atoms with Gasteiger partial charge in [-0.1, -0.05) is 31.0 Å². The third-order valence-electron chi connectivity index (χ3n) is 4.90. The molecule has 2 aromatic carbocycles. The van der Waals surface area contributed by atoms with Crippen LogP contribution in [0.1, 0.15) is 35.7 Å². The van der Waals surface area contributed by atoms with Gasteiger partial charge in [-0.25, -0.2) is 4.68 Å². The summed E-state index contributed by atoms with van der Waals surface area (Å²) in [6.07, 6.45) is 3.55. The maximum absolute atomic E-state index is 12.9. The number of amides is 1. The van der Waals surface area contributed by atoms with Gasteiger partial charge >= 0.3 is 0 Å². The lowest BCUT2D eigenvalue weighted by atomic mass is 10.1. The maximum Gasteiger partial charge on any atom is 0.280 e. The summed E-state index contributed by atoms with van der Waals surface area (Å²) in [4.78, 5) is 29.7. The van der Waals surface area contributed by atoms with Gasteiger partial charge in [0.25, 0.3) is 11.5 Å².